The third kappa shape index (κ3) is 2.92. The Labute approximate surface area is 146 Å². The second-order valence-electron chi connectivity index (χ2n) is 5.28. The first-order chi connectivity index (χ1) is 12.2. The van der Waals surface area contributed by atoms with Gasteiger partial charge < -0.3 is 0 Å². The van der Waals surface area contributed by atoms with Crippen LogP contribution >= 0.6 is 11.3 Å². The number of carbonyl (C=O) groups excluding carboxylic acids is 1. The first-order valence-electron chi connectivity index (χ1n) is 7.50. The quantitative estimate of drug-likeness (QED) is 0.617. The number of nitrogens with zero attached hydrogens (tertiary/aromatic N) is 3. The Morgan fingerprint density at radius 1 is 1.04 bits per heavy atom. The number of aromatic nitrogens is 3. The molecule has 122 valence electrons. The van der Waals surface area contributed by atoms with Crippen molar-refractivity contribution in [3.8, 4) is 5.69 Å². The summed E-state index contributed by atoms with van der Waals surface area (Å²) in [6.45, 7) is 0. The molecule has 0 bridgehead atoms. The Balaban J connectivity index is 1.65. The summed E-state index contributed by atoms with van der Waals surface area (Å²) in [6.07, 6.45) is 3.12. The largest absolute Gasteiger partial charge is 0.298 e. The van der Waals surface area contributed by atoms with Gasteiger partial charge in [-0.2, -0.15) is 0 Å². The van der Waals surface area contributed by atoms with Gasteiger partial charge in [0, 0.05) is 17.1 Å². The highest BCUT2D eigenvalue weighted by Crippen LogP contribution is 2.14. The average Bonchev–Trinajstić information content (AvgIpc) is 3.15. The van der Waals surface area contributed by atoms with Gasteiger partial charge in [-0.05, 0) is 36.4 Å². The van der Waals surface area contributed by atoms with Crippen LogP contribution in [0.5, 0.6) is 0 Å². The van der Waals surface area contributed by atoms with Crippen LogP contribution in [-0.4, -0.2) is 20.4 Å². The molecule has 1 amide bonds. The first kappa shape index (κ1) is 15.2. The van der Waals surface area contributed by atoms with Gasteiger partial charge in [-0.15, -0.1) is 11.3 Å². The van der Waals surface area contributed by atoms with E-state index >= 15 is 0 Å². The van der Waals surface area contributed by atoms with Crippen LogP contribution in [0.1, 0.15) is 10.4 Å². The smallest absolute Gasteiger partial charge is 0.265 e. The summed E-state index contributed by atoms with van der Waals surface area (Å²) in [5.41, 5.74) is 1.64. The first-order valence-corrected chi connectivity index (χ1v) is 8.38. The van der Waals surface area contributed by atoms with Crippen molar-refractivity contribution in [3.05, 3.63) is 82.4 Å². The van der Waals surface area contributed by atoms with Crippen molar-refractivity contribution >= 4 is 33.3 Å². The Bertz CT molecular complexity index is 1100. The lowest BCUT2D eigenvalue weighted by Gasteiger charge is -2.07. The van der Waals surface area contributed by atoms with Crippen molar-refractivity contribution in [3.63, 3.8) is 0 Å². The zero-order chi connectivity index (χ0) is 17.2. The number of hydrogen-bond donors (Lipinski definition) is 1. The van der Waals surface area contributed by atoms with E-state index in [1.807, 2.05) is 12.1 Å². The molecule has 0 aliphatic rings. The molecule has 0 aliphatic carbocycles. The fraction of sp³-hybridized carbons (Fsp3) is 0. The highest BCUT2D eigenvalue weighted by Gasteiger charge is 2.09. The monoisotopic (exact) mass is 348 g/mol. The van der Waals surface area contributed by atoms with E-state index in [1.54, 1.807) is 48.0 Å². The lowest BCUT2D eigenvalue weighted by molar-refractivity contribution is 0.102. The number of nitrogens with one attached hydrogen (secondary N) is 1. The van der Waals surface area contributed by atoms with Crippen LogP contribution in [-0.2, 0) is 0 Å². The lowest BCUT2D eigenvalue weighted by atomic mass is 10.2. The number of para-hydroxylation sites is 1. The van der Waals surface area contributed by atoms with Gasteiger partial charge in [-0.25, -0.2) is 9.97 Å². The van der Waals surface area contributed by atoms with Crippen molar-refractivity contribution < 1.29 is 4.79 Å². The predicted octanol–water partition coefficient (Wildman–Crippen LogP) is 3.09. The van der Waals surface area contributed by atoms with Crippen molar-refractivity contribution in [1.29, 1.82) is 0 Å². The molecule has 2 aromatic carbocycles. The van der Waals surface area contributed by atoms with Crippen molar-refractivity contribution in [1.82, 2.24) is 14.5 Å². The van der Waals surface area contributed by atoms with E-state index in [0.717, 1.165) is 0 Å². The number of fused-ring (bicyclic) bond motifs is 1. The van der Waals surface area contributed by atoms with Crippen LogP contribution < -0.4 is 10.9 Å². The summed E-state index contributed by atoms with van der Waals surface area (Å²) >= 11 is 1.35. The fourth-order valence-electron chi connectivity index (χ4n) is 2.48. The molecule has 4 aromatic rings. The fourth-order valence-corrected chi connectivity index (χ4v) is 3.00. The molecule has 1 N–H and O–H groups in total. The molecule has 25 heavy (non-hydrogen) atoms. The van der Waals surface area contributed by atoms with Gasteiger partial charge in [0.15, 0.2) is 5.13 Å². The third-order valence-electron chi connectivity index (χ3n) is 3.73. The summed E-state index contributed by atoms with van der Waals surface area (Å²) in [4.78, 5) is 33.1. The maximum atomic E-state index is 12.6. The van der Waals surface area contributed by atoms with Gasteiger partial charge in [-0.3, -0.25) is 19.5 Å². The molecule has 0 atom stereocenters. The van der Waals surface area contributed by atoms with Crippen LogP contribution in [0.4, 0.5) is 5.13 Å². The summed E-state index contributed by atoms with van der Waals surface area (Å²) < 4.78 is 1.46. The normalized spacial score (nSPS) is 10.7. The Morgan fingerprint density at radius 2 is 1.84 bits per heavy atom. The van der Waals surface area contributed by atoms with Gasteiger partial charge in [0.1, 0.15) is 6.33 Å². The maximum Gasteiger partial charge on any atom is 0.265 e. The molecule has 7 heteroatoms. The molecule has 0 saturated carbocycles. The predicted molar refractivity (Wildman–Crippen MR) is 97.4 cm³/mol. The third-order valence-corrected chi connectivity index (χ3v) is 4.41. The van der Waals surface area contributed by atoms with Crippen molar-refractivity contribution in [2.24, 2.45) is 0 Å². The Hall–Kier alpha value is -3.32. The molecular weight excluding hydrogens is 336 g/mol. The molecule has 0 radical (unpaired) electrons. The van der Waals surface area contributed by atoms with Crippen molar-refractivity contribution in [2.75, 3.05) is 5.32 Å². The van der Waals surface area contributed by atoms with E-state index in [9.17, 15) is 9.59 Å². The topological polar surface area (TPSA) is 76.9 Å². The summed E-state index contributed by atoms with van der Waals surface area (Å²) in [5.74, 6) is -0.245. The second kappa shape index (κ2) is 6.29. The van der Waals surface area contributed by atoms with Gasteiger partial charge in [0.25, 0.3) is 11.5 Å². The van der Waals surface area contributed by atoms with Crippen molar-refractivity contribution in [2.45, 2.75) is 0 Å². The van der Waals surface area contributed by atoms with E-state index in [2.05, 4.69) is 15.3 Å². The SMILES string of the molecule is O=C(Nc1nccs1)c1ccc(-n2cnc3ccccc3c2=O)cc1. The molecule has 0 unspecified atom stereocenters. The molecule has 0 fully saturated rings. The zero-order valence-corrected chi connectivity index (χ0v) is 13.7. The Kier molecular flexibility index (Phi) is 3.83. The van der Waals surface area contributed by atoms with Crippen LogP contribution in [0.2, 0.25) is 0 Å². The molecule has 4 rings (SSSR count). The number of hydrogen-bond acceptors (Lipinski definition) is 5. The minimum absolute atomic E-state index is 0.148. The molecule has 0 aliphatic heterocycles. The number of thiazole rings is 1. The van der Waals surface area contributed by atoms with E-state index in [0.29, 0.717) is 27.3 Å². The molecule has 0 spiro atoms. The molecule has 2 aromatic heterocycles. The highest BCUT2D eigenvalue weighted by atomic mass is 32.1. The second-order valence-corrected chi connectivity index (χ2v) is 6.17. The van der Waals surface area contributed by atoms with Crippen LogP contribution in [0.3, 0.4) is 0 Å². The molecule has 2 heterocycles. The lowest BCUT2D eigenvalue weighted by Crippen LogP contribution is -2.19. The molecule has 0 saturated heterocycles. The van der Waals surface area contributed by atoms with Gasteiger partial charge in [0.05, 0.1) is 16.6 Å². The average molecular weight is 348 g/mol. The van der Waals surface area contributed by atoms with Crippen LogP contribution in [0.15, 0.2) is 71.2 Å². The maximum absolute atomic E-state index is 12.6. The van der Waals surface area contributed by atoms with Crippen LogP contribution in [0.25, 0.3) is 16.6 Å². The Morgan fingerprint density at radius 3 is 2.60 bits per heavy atom. The number of amides is 1. The zero-order valence-electron chi connectivity index (χ0n) is 12.9. The number of carbonyl (C=O) groups is 1. The van der Waals surface area contributed by atoms with E-state index < -0.39 is 0 Å². The minimum Gasteiger partial charge on any atom is -0.298 e. The highest BCUT2D eigenvalue weighted by molar-refractivity contribution is 7.13. The number of benzene rings is 2. The summed E-state index contributed by atoms with van der Waals surface area (Å²) in [7, 11) is 0. The number of anilines is 1. The van der Waals surface area contributed by atoms with Gasteiger partial charge in [0.2, 0.25) is 0 Å². The van der Waals surface area contributed by atoms with Gasteiger partial charge >= 0.3 is 0 Å². The number of rotatable bonds is 3. The molecule has 6 nitrogen and oxygen atoms in total. The van der Waals surface area contributed by atoms with E-state index in [1.165, 1.54) is 22.2 Å². The molecular formula is C18H12N4O2S. The standard InChI is InChI=1S/C18H12N4O2S/c23-16(21-18-19-9-10-25-18)12-5-7-13(8-6-12)22-11-20-15-4-2-1-3-14(15)17(22)24/h1-11H,(H,19,21,23). The summed E-state index contributed by atoms with van der Waals surface area (Å²) in [6, 6.07) is 14.0. The minimum atomic E-state index is -0.245. The summed E-state index contributed by atoms with van der Waals surface area (Å²) in [5, 5.41) is 5.61. The van der Waals surface area contributed by atoms with E-state index in [4.69, 9.17) is 0 Å². The van der Waals surface area contributed by atoms with E-state index in [-0.39, 0.29) is 11.5 Å². The van der Waals surface area contributed by atoms with Gasteiger partial charge in [-0.1, -0.05) is 12.1 Å². The van der Waals surface area contributed by atoms with Crippen LogP contribution in [0, 0.1) is 0 Å².